The van der Waals surface area contributed by atoms with Gasteiger partial charge in [0.05, 0.1) is 6.10 Å². The van der Waals surface area contributed by atoms with Gasteiger partial charge in [-0.25, -0.2) is 0 Å². The summed E-state index contributed by atoms with van der Waals surface area (Å²) in [6.07, 6.45) is 1.32. The summed E-state index contributed by atoms with van der Waals surface area (Å²) in [4.78, 5) is 1.41. The number of ether oxygens (including phenoxy) is 1. The Morgan fingerprint density at radius 2 is 2.36 bits per heavy atom. The van der Waals surface area contributed by atoms with Gasteiger partial charge in [0.15, 0.2) is 0 Å². The summed E-state index contributed by atoms with van der Waals surface area (Å²) in [7, 11) is 1.99. The second-order valence-corrected chi connectivity index (χ2v) is 4.37. The highest BCUT2D eigenvalue weighted by atomic mass is 32.1. The van der Waals surface area contributed by atoms with Gasteiger partial charge in [-0.1, -0.05) is 6.07 Å². The maximum Gasteiger partial charge on any atom is 0.0703 e. The molecular formula is C11H19NOS. The van der Waals surface area contributed by atoms with Gasteiger partial charge in [0.2, 0.25) is 0 Å². The minimum atomic E-state index is 0.270. The Hall–Kier alpha value is -0.380. The van der Waals surface area contributed by atoms with Crippen LogP contribution < -0.4 is 5.32 Å². The van der Waals surface area contributed by atoms with E-state index < -0.39 is 0 Å². The fourth-order valence-electron chi connectivity index (χ4n) is 1.53. The van der Waals surface area contributed by atoms with E-state index in [0.717, 1.165) is 13.0 Å². The van der Waals surface area contributed by atoms with Crippen molar-refractivity contribution in [2.24, 2.45) is 0 Å². The monoisotopic (exact) mass is 213 g/mol. The molecule has 1 rings (SSSR count). The van der Waals surface area contributed by atoms with Gasteiger partial charge in [-0.15, -0.1) is 11.3 Å². The fourth-order valence-corrected chi connectivity index (χ4v) is 2.29. The molecule has 0 aliphatic heterocycles. The molecule has 0 aliphatic carbocycles. The number of hydrogen-bond donors (Lipinski definition) is 1. The van der Waals surface area contributed by atoms with E-state index in [-0.39, 0.29) is 6.10 Å². The van der Waals surface area contributed by atoms with Crippen LogP contribution in [0.15, 0.2) is 17.5 Å². The van der Waals surface area contributed by atoms with Crippen LogP contribution in [-0.2, 0) is 11.2 Å². The van der Waals surface area contributed by atoms with Gasteiger partial charge in [-0.3, -0.25) is 0 Å². The molecular weight excluding hydrogens is 194 g/mol. The molecule has 14 heavy (non-hydrogen) atoms. The molecule has 0 bridgehead atoms. The zero-order chi connectivity index (χ0) is 10.4. The van der Waals surface area contributed by atoms with E-state index in [0.29, 0.717) is 6.04 Å². The van der Waals surface area contributed by atoms with Crippen molar-refractivity contribution in [3.63, 3.8) is 0 Å². The lowest BCUT2D eigenvalue weighted by molar-refractivity contribution is 0.0499. The first-order valence-electron chi connectivity index (χ1n) is 5.09. The van der Waals surface area contributed by atoms with Crippen molar-refractivity contribution in [3.8, 4) is 0 Å². The number of hydrogen-bond acceptors (Lipinski definition) is 3. The third-order valence-electron chi connectivity index (χ3n) is 2.37. The highest BCUT2D eigenvalue weighted by Gasteiger charge is 2.16. The molecule has 0 fully saturated rings. The lowest BCUT2D eigenvalue weighted by Gasteiger charge is -2.22. The Morgan fingerprint density at radius 3 is 2.86 bits per heavy atom. The number of rotatable bonds is 6. The molecule has 0 aliphatic rings. The normalized spacial score (nSPS) is 15.4. The molecule has 1 N–H and O–H groups in total. The lowest BCUT2D eigenvalue weighted by Crippen LogP contribution is -2.39. The van der Waals surface area contributed by atoms with Gasteiger partial charge in [-0.05, 0) is 38.8 Å². The summed E-state index contributed by atoms with van der Waals surface area (Å²) in [5.74, 6) is 0. The molecule has 2 atom stereocenters. The summed E-state index contributed by atoms with van der Waals surface area (Å²) in [6, 6.07) is 4.68. The van der Waals surface area contributed by atoms with Crippen LogP contribution in [0.1, 0.15) is 18.7 Å². The van der Waals surface area contributed by atoms with Crippen molar-refractivity contribution in [3.05, 3.63) is 22.4 Å². The molecule has 0 saturated carbocycles. The van der Waals surface area contributed by atoms with E-state index in [4.69, 9.17) is 4.74 Å². The van der Waals surface area contributed by atoms with Crippen LogP contribution >= 0.6 is 11.3 Å². The molecule has 1 aromatic rings. The maximum absolute atomic E-state index is 5.59. The smallest absolute Gasteiger partial charge is 0.0703 e. The number of thiophene rings is 1. The van der Waals surface area contributed by atoms with E-state index in [1.807, 2.05) is 14.0 Å². The van der Waals surface area contributed by atoms with E-state index in [9.17, 15) is 0 Å². The Labute approximate surface area is 90.3 Å². The molecule has 1 heterocycles. The summed E-state index contributed by atoms with van der Waals surface area (Å²) in [6.45, 7) is 4.94. The van der Waals surface area contributed by atoms with Crippen molar-refractivity contribution in [1.82, 2.24) is 5.32 Å². The lowest BCUT2D eigenvalue weighted by atomic mass is 10.1. The minimum Gasteiger partial charge on any atom is -0.377 e. The first-order valence-corrected chi connectivity index (χ1v) is 5.97. The molecule has 2 unspecified atom stereocenters. The third kappa shape index (κ3) is 3.40. The second kappa shape index (κ2) is 6.17. The third-order valence-corrected chi connectivity index (χ3v) is 3.27. The van der Waals surface area contributed by atoms with E-state index in [2.05, 4.69) is 29.8 Å². The second-order valence-electron chi connectivity index (χ2n) is 3.34. The van der Waals surface area contributed by atoms with Gasteiger partial charge in [0.25, 0.3) is 0 Å². The summed E-state index contributed by atoms with van der Waals surface area (Å²) < 4.78 is 5.59. The van der Waals surface area contributed by atoms with Crippen LogP contribution in [0.2, 0.25) is 0 Å². The summed E-state index contributed by atoms with van der Waals surface area (Å²) >= 11 is 1.81. The topological polar surface area (TPSA) is 21.3 Å². The predicted molar refractivity (Wildman–Crippen MR) is 62.0 cm³/mol. The van der Waals surface area contributed by atoms with Crippen LogP contribution in [0.5, 0.6) is 0 Å². The summed E-state index contributed by atoms with van der Waals surface area (Å²) in [5.41, 5.74) is 0. The van der Waals surface area contributed by atoms with Crippen LogP contribution in [0.3, 0.4) is 0 Å². The van der Waals surface area contributed by atoms with Gasteiger partial charge >= 0.3 is 0 Å². The van der Waals surface area contributed by atoms with Crippen molar-refractivity contribution >= 4 is 11.3 Å². The standard InChI is InChI=1S/C11H19NOS/c1-4-13-9(2)11(12-3)8-10-6-5-7-14-10/h5-7,9,11-12H,4,8H2,1-3H3. The maximum atomic E-state index is 5.59. The van der Waals surface area contributed by atoms with Crippen LogP contribution in [-0.4, -0.2) is 25.8 Å². The minimum absolute atomic E-state index is 0.270. The zero-order valence-electron chi connectivity index (χ0n) is 9.12. The highest BCUT2D eigenvalue weighted by Crippen LogP contribution is 2.13. The first-order chi connectivity index (χ1) is 6.77. The molecule has 0 amide bonds. The molecule has 0 saturated heterocycles. The Balaban J connectivity index is 2.46. The predicted octanol–water partition coefficient (Wildman–Crippen LogP) is 2.30. The van der Waals surface area contributed by atoms with Crippen molar-refractivity contribution < 1.29 is 4.74 Å². The highest BCUT2D eigenvalue weighted by molar-refractivity contribution is 7.09. The van der Waals surface area contributed by atoms with Crippen molar-refractivity contribution in [2.45, 2.75) is 32.4 Å². The average molecular weight is 213 g/mol. The van der Waals surface area contributed by atoms with Gasteiger partial charge in [0, 0.05) is 17.5 Å². The van der Waals surface area contributed by atoms with Gasteiger partial charge < -0.3 is 10.1 Å². The molecule has 0 spiro atoms. The van der Waals surface area contributed by atoms with Gasteiger partial charge in [0.1, 0.15) is 0 Å². The average Bonchev–Trinajstić information content (AvgIpc) is 2.66. The van der Waals surface area contributed by atoms with Crippen LogP contribution in [0, 0.1) is 0 Å². The summed E-state index contributed by atoms with van der Waals surface area (Å²) in [5, 5.41) is 5.43. The molecule has 3 heteroatoms. The molecule has 0 aromatic carbocycles. The molecule has 0 radical (unpaired) electrons. The van der Waals surface area contributed by atoms with Crippen LogP contribution in [0.25, 0.3) is 0 Å². The Bertz CT molecular complexity index is 235. The molecule has 2 nitrogen and oxygen atoms in total. The van der Waals surface area contributed by atoms with E-state index >= 15 is 0 Å². The molecule has 80 valence electrons. The number of nitrogens with one attached hydrogen (secondary N) is 1. The fraction of sp³-hybridized carbons (Fsp3) is 0.636. The largest absolute Gasteiger partial charge is 0.377 e. The first kappa shape index (κ1) is 11.7. The number of likely N-dealkylation sites (N-methyl/N-ethyl adjacent to an activating group) is 1. The van der Waals surface area contributed by atoms with E-state index in [1.54, 1.807) is 11.3 Å². The van der Waals surface area contributed by atoms with E-state index in [1.165, 1.54) is 4.88 Å². The Morgan fingerprint density at radius 1 is 1.57 bits per heavy atom. The quantitative estimate of drug-likeness (QED) is 0.783. The SMILES string of the molecule is CCOC(C)C(Cc1cccs1)NC. The van der Waals surface area contributed by atoms with Crippen molar-refractivity contribution in [2.75, 3.05) is 13.7 Å². The van der Waals surface area contributed by atoms with Gasteiger partial charge in [-0.2, -0.15) is 0 Å². The molecule has 1 aromatic heterocycles. The van der Waals surface area contributed by atoms with Crippen LogP contribution in [0.4, 0.5) is 0 Å². The Kier molecular flexibility index (Phi) is 5.15. The van der Waals surface area contributed by atoms with Crippen molar-refractivity contribution in [1.29, 1.82) is 0 Å². The zero-order valence-corrected chi connectivity index (χ0v) is 9.93.